The summed E-state index contributed by atoms with van der Waals surface area (Å²) in [7, 11) is 0. The van der Waals surface area contributed by atoms with Crippen LogP contribution in [0.1, 0.15) is 11.1 Å². The lowest BCUT2D eigenvalue weighted by Gasteiger charge is -2.12. The van der Waals surface area contributed by atoms with E-state index < -0.39 is 0 Å². The van der Waals surface area contributed by atoms with E-state index in [9.17, 15) is 5.26 Å². The van der Waals surface area contributed by atoms with Crippen molar-refractivity contribution >= 4 is 38.8 Å². The predicted octanol–water partition coefficient (Wildman–Crippen LogP) is 5.81. The molecule has 0 amide bonds. The molecule has 1 N–H and O–H groups in total. The van der Waals surface area contributed by atoms with Crippen LogP contribution in [0, 0.1) is 16.7 Å². The van der Waals surface area contributed by atoms with Crippen LogP contribution >= 0.6 is 0 Å². The second kappa shape index (κ2) is 5.82. The minimum absolute atomic E-state index is 0.509. The number of rotatable bonds is 2. The number of nitrogens with zero attached hydrogens (tertiary/aromatic N) is 2. The largest absolute Gasteiger partial charge is 0.309 e. The lowest BCUT2D eigenvalue weighted by molar-refractivity contribution is 1.17. The monoisotopic (exact) mass is 345 g/mol. The maximum atomic E-state index is 9.48. The molecule has 5 rings (SSSR count). The highest BCUT2D eigenvalue weighted by Gasteiger charge is 2.17. The number of hydrogen-bond donors (Lipinski definition) is 1. The number of para-hydroxylation sites is 1. The molecule has 4 aromatic carbocycles. The van der Waals surface area contributed by atoms with Crippen LogP contribution in [0.25, 0.3) is 38.3 Å². The van der Waals surface area contributed by atoms with Crippen molar-refractivity contribution in [3.8, 4) is 11.8 Å². The Hall–Kier alpha value is -3.90. The molecule has 0 aliphatic carbocycles. The van der Waals surface area contributed by atoms with E-state index >= 15 is 0 Å². The van der Waals surface area contributed by atoms with Crippen LogP contribution in [0.2, 0.25) is 0 Å². The van der Waals surface area contributed by atoms with E-state index in [0.717, 1.165) is 16.7 Å². The van der Waals surface area contributed by atoms with E-state index in [1.165, 1.54) is 27.8 Å². The van der Waals surface area contributed by atoms with Gasteiger partial charge in [0.15, 0.2) is 0 Å². The first-order valence-corrected chi connectivity index (χ1v) is 8.78. The molecule has 0 bridgehead atoms. The van der Waals surface area contributed by atoms with Gasteiger partial charge in [0.2, 0.25) is 0 Å². The molecule has 1 aromatic heterocycles. The molecule has 0 unspecified atom stereocenters. The third-order valence-corrected chi connectivity index (χ3v) is 5.15. The van der Waals surface area contributed by atoms with Crippen LogP contribution in [0.3, 0.4) is 0 Å². The molecule has 1 heterocycles. The van der Waals surface area contributed by atoms with Crippen molar-refractivity contribution in [2.45, 2.75) is 0 Å². The fraction of sp³-hybridized carbons (Fsp3) is 0. The van der Waals surface area contributed by atoms with Crippen LogP contribution in [0.4, 0.5) is 0 Å². The molecule has 0 saturated carbocycles. The van der Waals surface area contributed by atoms with Gasteiger partial charge in [-0.25, -0.2) is 0 Å². The Kier molecular flexibility index (Phi) is 3.31. The minimum atomic E-state index is 0.509. The average Bonchev–Trinajstić information content (AvgIpc) is 3.07. The molecule has 0 aliphatic rings. The van der Waals surface area contributed by atoms with Gasteiger partial charge in [0.25, 0.3) is 0 Å². The van der Waals surface area contributed by atoms with Gasteiger partial charge >= 0.3 is 0 Å². The zero-order valence-electron chi connectivity index (χ0n) is 14.5. The highest BCUT2D eigenvalue weighted by atomic mass is 15.0. The molecule has 0 spiro atoms. The van der Waals surface area contributed by atoms with Crippen molar-refractivity contribution in [2.75, 3.05) is 0 Å². The van der Waals surface area contributed by atoms with Gasteiger partial charge in [0.05, 0.1) is 28.4 Å². The van der Waals surface area contributed by atoms with Crippen molar-refractivity contribution in [1.82, 2.24) is 4.57 Å². The molecule has 0 saturated heterocycles. The number of benzene rings is 4. The minimum Gasteiger partial charge on any atom is -0.309 e. The molecule has 126 valence electrons. The summed E-state index contributed by atoms with van der Waals surface area (Å²) in [5, 5.41) is 22.1. The standard InChI is InChI=1S/C24H15N3/c25-14-17-7-5-11-22(20(17)15-26)27-21-10-4-3-9-19(21)24-18-8-2-1-6-16(18)12-13-23(24)27/h1-13,15,26H. The van der Waals surface area contributed by atoms with E-state index in [1.807, 2.05) is 18.2 Å². The van der Waals surface area contributed by atoms with Gasteiger partial charge in [-0.1, -0.05) is 54.6 Å². The quantitative estimate of drug-likeness (QED) is 0.403. The van der Waals surface area contributed by atoms with E-state index in [1.54, 1.807) is 6.07 Å². The van der Waals surface area contributed by atoms with Crippen LogP contribution in [-0.2, 0) is 0 Å². The van der Waals surface area contributed by atoms with Crippen LogP contribution in [0.5, 0.6) is 0 Å². The van der Waals surface area contributed by atoms with Crippen molar-refractivity contribution in [3.05, 3.63) is 90.0 Å². The Bertz CT molecular complexity index is 1400. The van der Waals surface area contributed by atoms with Gasteiger partial charge in [0.1, 0.15) is 0 Å². The Balaban J connectivity index is 2.04. The van der Waals surface area contributed by atoms with Crippen LogP contribution in [0.15, 0.2) is 78.9 Å². The first-order chi connectivity index (χ1) is 13.3. The summed E-state index contributed by atoms with van der Waals surface area (Å²) in [6, 6.07) is 28.8. The topological polar surface area (TPSA) is 52.6 Å². The Morgan fingerprint density at radius 3 is 2.37 bits per heavy atom. The molecular weight excluding hydrogens is 330 g/mol. The molecule has 0 radical (unpaired) electrons. The number of nitriles is 1. The van der Waals surface area contributed by atoms with Gasteiger partial charge in [-0.2, -0.15) is 5.26 Å². The number of aromatic nitrogens is 1. The summed E-state index contributed by atoms with van der Waals surface area (Å²) in [6.07, 6.45) is 1.27. The van der Waals surface area contributed by atoms with Crippen LogP contribution < -0.4 is 0 Å². The van der Waals surface area contributed by atoms with Crippen molar-refractivity contribution in [3.63, 3.8) is 0 Å². The summed E-state index contributed by atoms with van der Waals surface area (Å²) >= 11 is 0. The number of nitrogens with one attached hydrogen (secondary N) is 1. The average molecular weight is 345 g/mol. The first-order valence-electron chi connectivity index (χ1n) is 8.78. The molecule has 5 aromatic rings. The molecule has 3 heteroatoms. The van der Waals surface area contributed by atoms with Crippen LogP contribution in [-0.4, -0.2) is 10.8 Å². The third-order valence-electron chi connectivity index (χ3n) is 5.15. The zero-order chi connectivity index (χ0) is 18.4. The zero-order valence-corrected chi connectivity index (χ0v) is 14.5. The molecule has 0 atom stereocenters. The molecule has 0 aliphatic heterocycles. The van der Waals surface area contributed by atoms with Gasteiger partial charge in [-0.15, -0.1) is 0 Å². The molecule has 0 fully saturated rings. The molecular formula is C24H15N3. The lowest BCUT2D eigenvalue weighted by atomic mass is 10.0. The van der Waals surface area contributed by atoms with Crippen molar-refractivity contribution in [1.29, 1.82) is 10.7 Å². The normalized spacial score (nSPS) is 11.1. The maximum absolute atomic E-state index is 9.48. The summed E-state index contributed by atoms with van der Waals surface area (Å²) in [4.78, 5) is 0. The number of hydrogen-bond acceptors (Lipinski definition) is 2. The molecule has 3 nitrogen and oxygen atoms in total. The third kappa shape index (κ3) is 2.11. The summed E-state index contributed by atoms with van der Waals surface area (Å²) in [5.74, 6) is 0. The summed E-state index contributed by atoms with van der Waals surface area (Å²) < 4.78 is 2.16. The van der Waals surface area contributed by atoms with Gasteiger partial charge in [0, 0.05) is 22.6 Å². The van der Waals surface area contributed by atoms with Gasteiger partial charge < -0.3 is 9.98 Å². The van der Waals surface area contributed by atoms with Crippen molar-refractivity contribution in [2.24, 2.45) is 0 Å². The first kappa shape index (κ1) is 15.4. The van der Waals surface area contributed by atoms with E-state index in [0.29, 0.717) is 11.1 Å². The van der Waals surface area contributed by atoms with Gasteiger partial charge in [-0.3, -0.25) is 0 Å². The Labute approximate surface area is 156 Å². The fourth-order valence-electron chi connectivity index (χ4n) is 4.00. The smallest absolute Gasteiger partial charge is 0.0999 e. The fourth-order valence-corrected chi connectivity index (χ4v) is 4.00. The highest BCUT2D eigenvalue weighted by molar-refractivity contribution is 6.21. The van der Waals surface area contributed by atoms with Gasteiger partial charge in [-0.05, 0) is 35.0 Å². The number of fused-ring (bicyclic) bond motifs is 5. The second-order valence-corrected chi connectivity index (χ2v) is 6.53. The summed E-state index contributed by atoms with van der Waals surface area (Å²) in [6.45, 7) is 0. The van der Waals surface area contributed by atoms with Crippen molar-refractivity contribution < 1.29 is 0 Å². The van der Waals surface area contributed by atoms with E-state index in [-0.39, 0.29) is 0 Å². The lowest BCUT2D eigenvalue weighted by Crippen LogP contribution is -2.01. The Morgan fingerprint density at radius 1 is 0.778 bits per heavy atom. The predicted molar refractivity (Wildman–Crippen MR) is 111 cm³/mol. The summed E-state index contributed by atoms with van der Waals surface area (Å²) in [5.41, 5.74) is 4.14. The van der Waals surface area contributed by atoms with E-state index in [2.05, 4.69) is 65.2 Å². The Morgan fingerprint density at radius 2 is 1.56 bits per heavy atom. The molecule has 27 heavy (non-hydrogen) atoms. The maximum Gasteiger partial charge on any atom is 0.0999 e. The SMILES string of the molecule is N#Cc1cccc(-n2c3ccccc3c3c4ccccc4ccc32)c1C=N. The second-order valence-electron chi connectivity index (χ2n) is 6.53. The van der Waals surface area contributed by atoms with E-state index in [4.69, 9.17) is 5.41 Å². The highest BCUT2D eigenvalue weighted by Crippen LogP contribution is 2.37.